The second kappa shape index (κ2) is 10.6. The van der Waals surface area contributed by atoms with E-state index in [1.807, 2.05) is 6.92 Å². The third kappa shape index (κ3) is 5.78. The molecular formula is C27H26N2O2S2. The maximum atomic E-state index is 12.6. The van der Waals surface area contributed by atoms with Gasteiger partial charge in [0.2, 0.25) is 0 Å². The van der Waals surface area contributed by atoms with Crippen molar-refractivity contribution < 1.29 is 9.53 Å². The zero-order valence-electron chi connectivity index (χ0n) is 18.7. The Kier molecular flexibility index (Phi) is 7.37. The predicted molar refractivity (Wildman–Crippen MR) is 143 cm³/mol. The van der Waals surface area contributed by atoms with Crippen LogP contribution in [0.3, 0.4) is 0 Å². The average Bonchev–Trinajstić information content (AvgIpc) is 3.25. The molecule has 0 aliphatic heterocycles. The minimum Gasteiger partial charge on any atom is -0.494 e. The van der Waals surface area contributed by atoms with Gasteiger partial charge < -0.3 is 10.1 Å². The van der Waals surface area contributed by atoms with Crippen LogP contribution in [0.25, 0.3) is 20.5 Å². The molecule has 0 aliphatic carbocycles. The van der Waals surface area contributed by atoms with Crippen LogP contribution in [0, 0.1) is 6.92 Å². The molecule has 3 aromatic carbocycles. The SMILES string of the molecule is CCCCOc1ccc(C(=O)NC(=S)Nc2cc(-c3cc4ccccc4s3)ccc2C)cc1. The van der Waals surface area contributed by atoms with E-state index in [0.717, 1.165) is 35.4 Å². The molecule has 0 spiro atoms. The van der Waals surface area contributed by atoms with Gasteiger partial charge in [-0.1, -0.05) is 43.7 Å². The normalized spacial score (nSPS) is 10.7. The number of benzene rings is 3. The lowest BCUT2D eigenvalue weighted by Crippen LogP contribution is -2.34. The van der Waals surface area contributed by atoms with Crippen LogP contribution in [0.5, 0.6) is 5.75 Å². The van der Waals surface area contributed by atoms with Gasteiger partial charge >= 0.3 is 0 Å². The van der Waals surface area contributed by atoms with Crippen molar-refractivity contribution in [2.75, 3.05) is 11.9 Å². The molecule has 1 amide bonds. The number of ether oxygens (including phenoxy) is 1. The van der Waals surface area contributed by atoms with E-state index in [1.54, 1.807) is 35.6 Å². The van der Waals surface area contributed by atoms with Crippen LogP contribution in [-0.4, -0.2) is 17.6 Å². The Morgan fingerprint density at radius 2 is 1.82 bits per heavy atom. The van der Waals surface area contributed by atoms with Crippen molar-refractivity contribution in [1.29, 1.82) is 0 Å². The highest BCUT2D eigenvalue weighted by Crippen LogP contribution is 2.35. The molecule has 6 heteroatoms. The first-order chi connectivity index (χ1) is 16.0. The molecular weight excluding hydrogens is 448 g/mol. The summed E-state index contributed by atoms with van der Waals surface area (Å²) < 4.78 is 6.91. The smallest absolute Gasteiger partial charge is 0.257 e. The van der Waals surface area contributed by atoms with E-state index >= 15 is 0 Å². The second-order valence-corrected chi connectivity index (χ2v) is 9.30. The number of thiophene rings is 1. The quantitative estimate of drug-likeness (QED) is 0.220. The summed E-state index contributed by atoms with van der Waals surface area (Å²) >= 11 is 7.17. The van der Waals surface area contributed by atoms with Gasteiger partial charge in [0.25, 0.3) is 5.91 Å². The third-order valence-corrected chi connectivity index (χ3v) is 6.68. The summed E-state index contributed by atoms with van der Waals surface area (Å²) in [5.74, 6) is 0.500. The number of unbranched alkanes of at least 4 members (excludes halogenated alkanes) is 1. The Morgan fingerprint density at radius 3 is 2.58 bits per heavy atom. The minimum absolute atomic E-state index is 0.258. The van der Waals surface area contributed by atoms with Gasteiger partial charge in [-0.25, -0.2) is 0 Å². The fraction of sp³-hybridized carbons (Fsp3) is 0.185. The van der Waals surface area contributed by atoms with E-state index < -0.39 is 0 Å². The maximum absolute atomic E-state index is 12.6. The molecule has 0 fully saturated rings. The van der Waals surface area contributed by atoms with Crippen LogP contribution >= 0.6 is 23.6 Å². The molecule has 0 radical (unpaired) electrons. The molecule has 1 aromatic heterocycles. The van der Waals surface area contributed by atoms with E-state index in [0.29, 0.717) is 12.2 Å². The molecule has 0 atom stereocenters. The molecule has 33 heavy (non-hydrogen) atoms. The first-order valence-corrected chi connectivity index (χ1v) is 12.2. The van der Waals surface area contributed by atoms with Gasteiger partial charge in [0.15, 0.2) is 5.11 Å². The lowest BCUT2D eigenvalue weighted by Gasteiger charge is -2.13. The average molecular weight is 475 g/mol. The summed E-state index contributed by atoms with van der Waals surface area (Å²) in [6.07, 6.45) is 2.09. The molecule has 168 valence electrons. The molecule has 2 N–H and O–H groups in total. The maximum Gasteiger partial charge on any atom is 0.257 e. The summed E-state index contributed by atoms with van der Waals surface area (Å²) in [5, 5.41) is 7.44. The molecule has 0 saturated carbocycles. The fourth-order valence-corrected chi connectivity index (χ4v) is 4.66. The molecule has 0 saturated heterocycles. The van der Waals surface area contributed by atoms with E-state index in [-0.39, 0.29) is 11.0 Å². The largest absolute Gasteiger partial charge is 0.494 e. The first-order valence-electron chi connectivity index (χ1n) is 11.0. The van der Waals surface area contributed by atoms with Crippen LogP contribution in [0.2, 0.25) is 0 Å². The summed E-state index contributed by atoms with van der Waals surface area (Å²) in [5.41, 5.74) is 3.55. The van der Waals surface area contributed by atoms with E-state index in [1.165, 1.54) is 15.0 Å². The Morgan fingerprint density at radius 1 is 1.03 bits per heavy atom. The predicted octanol–water partition coefficient (Wildman–Crippen LogP) is 7.18. The van der Waals surface area contributed by atoms with Crippen LogP contribution in [-0.2, 0) is 0 Å². The summed E-state index contributed by atoms with van der Waals surface area (Å²) in [4.78, 5) is 13.8. The highest BCUT2D eigenvalue weighted by Gasteiger charge is 2.11. The van der Waals surface area contributed by atoms with Crippen LogP contribution < -0.4 is 15.4 Å². The van der Waals surface area contributed by atoms with Crippen LogP contribution in [0.1, 0.15) is 35.7 Å². The summed E-state index contributed by atoms with van der Waals surface area (Å²) in [6, 6.07) is 23.9. The minimum atomic E-state index is -0.258. The number of thiocarbonyl (C=S) groups is 1. The number of fused-ring (bicyclic) bond motifs is 1. The van der Waals surface area contributed by atoms with Crippen molar-refractivity contribution in [3.8, 4) is 16.2 Å². The highest BCUT2D eigenvalue weighted by atomic mass is 32.1. The number of hydrogen-bond acceptors (Lipinski definition) is 4. The number of anilines is 1. The molecule has 4 aromatic rings. The Labute approximate surface area is 203 Å². The van der Waals surface area contributed by atoms with Gasteiger partial charge in [-0.15, -0.1) is 11.3 Å². The van der Waals surface area contributed by atoms with Gasteiger partial charge in [-0.3, -0.25) is 10.1 Å². The topological polar surface area (TPSA) is 50.4 Å². The van der Waals surface area contributed by atoms with Crippen LogP contribution in [0.4, 0.5) is 5.69 Å². The number of aryl methyl sites for hydroxylation is 1. The van der Waals surface area contributed by atoms with E-state index in [9.17, 15) is 4.79 Å². The van der Waals surface area contributed by atoms with Crippen molar-refractivity contribution in [1.82, 2.24) is 5.32 Å². The van der Waals surface area contributed by atoms with E-state index in [2.05, 4.69) is 66.1 Å². The first kappa shape index (κ1) is 23.0. The van der Waals surface area contributed by atoms with Crippen molar-refractivity contribution in [3.05, 3.63) is 83.9 Å². The zero-order chi connectivity index (χ0) is 23.2. The Bertz CT molecular complexity index is 1250. The number of carbonyl (C=O) groups is 1. The molecule has 0 bridgehead atoms. The lowest BCUT2D eigenvalue weighted by molar-refractivity contribution is 0.0977. The zero-order valence-corrected chi connectivity index (χ0v) is 20.3. The summed E-state index contributed by atoms with van der Waals surface area (Å²) in [7, 11) is 0. The Hall–Kier alpha value is -3.22. The number of amides is 1. The number of hydrogen-bond donors (Lipinski definition) is 2. The van der Waals surface area contributed by atoms with Gasteiger partial charge in [-0.2, -0.15) is 0 Å². The number of carbonyl (C=O) groups excluding carboxylic acids is 1. The summed E-state index contributed by atoms with van der Waals surface area (Å²) in [6.45, 7) is 4.81. The number of rotatable bonds is 7. The van der Waals surface area contributed by atoms with Crippen molar-refractivity contribution in [3.63, 3.8) is 0 Å². The van der Waals surface area contributed by atoms with Crippen LogP contribution in [0.15, 0.2) is 72.8 Å². The Balaban J connectivity index is 1.41. The molecule has 0 unspecified atom stereocenters. The van der Waals surface area contributed by atoms with Gasteiger partial charge in [0.1, 0.15) is 5.75 Å². The number of nitrogens with one attached hydrogen (secondary N) is 2. The van der Waals surface area contributed by atoms with Crippen molar-refractivity contribution in [2.45, 2.75) is 26.7 Å². The lowest BCUT2D eigenvalue weighted by atomic mass is 10.1. The second-order valence-electron chi connectivity index (χ2n) is 7.81. The molecule has 4 nitrogen and oxygen atoms in total. The van der Waals surface area contributed by atoms with Crippen molar-refractivity contribution >= 4 is 50.3 Å². The van der Waals surface area contributed by atoms with E-state index in [4.69, 9.17) is 17.0 Å². The van der Waals surface area contributed by atoms with Gasteiger partial charge in [-0.05, 0) is 84.5 Å². The van der Waals surface area contributed by atoms with Gasteiger partial charge in [0.05, 0.1) is 6.61 Å². The standard InChI is InChI=1S/C27H26N2O2S2/c1-3-4-15-31-22-13-11-19(12-14-22)26(30)29-27(32)28-23-16-21(10-9-18(23)2)25-17-20-7-5-6-8-24(20)33-25/h5-14,16-17H,3-4,15H2,1-2H3,(H2,28,29,30,32). The molecule has 0 aliphatic rings. The monoisotopic (exact) mass is 474 g/mol. The van der Waals surface area contributed by atoms with Gasteiger partial charge in [0, 0.05) is 20.8 Å². The van der Waals surface area contributed by atoms with Crippen molar-refractivity contribution in [2.24, 2.45) is 0 Å². The highest BCUT2D eigenvalue weighted by molar-refractivity contribution is 7.80. The third-order valence-electron chi connectivity index (χ3n) is 5.31. The molecule has 4 rings (SSSR count). The fourth-order valence-electron chi connectivity index (χ4n) is 3.40. The molecule has 1 heterocycles.